The Kier molecular flexibility index (Phi) is 12.8. The second-order valence-electron chi connectivity index (χ2n) is 28.2. The number of nitrogens with one attached hydrogen (secondary N) is 2. The highest BCUT2D eigenvalue weighted by atomic mass is 16.6. The Morgan fingerprint density at radius 2 is 1.60 bits per heavy atom. The van der Waals surface area contributed by atoms with Gasteiger partial charge in [0.15, 0.2) is 5.78 Å². The van der Waals surface area contributed by atoms with Crippen LogP contribution in [0.3, 0.4) is 0 Å². The number of aromatic nitrogens is 2. The highest BCUT2D eigenvalue weighted by Crippen LogP contribution is 2.80. The van der Waals surface area contributed by atoms with Crippen LogP contribution in [0.4, 0.5) is 0 Å². The molecule has 6 aliphatic carbocycles. The second-order valence-corrected chi connectivity index (χ2v) is 28.2. The highest BCUT2D eigenvalue weighted by molar-refractivity contribution is 6.02. The van der Waals surface area contributed by atoms with E-state index in [2.05, 4.69) is 80.1 Å². The number of aldehydes is 1. The molecule has 7 fully saturated rings. The fourth-order valence-corrected chi connectivity index (χ4v) is 19.8. The van der Waals surface area contributed by atoms with Crippen LogP contribution in [-0.2, 0) is 36.8 Å². The van der Waals surface area contributed by atoms with E-state index in [0.29, 0.717) is 82.1 Å². The first-order chi connectivity index (χ1) is 35.7. The number of rotatable bonds is 11. The number of H-pyrrole nitrogens is 1. The molecule has 11 nitrogen and oxygen atoms in total. The summed E-state index contributed by atoms with van der Waals surface area (Å²) in [5, 5.41) is 41.5. The number of nitrogens with zero attached hydrogens (tertiary/aromatic N) is 1. The zero-order valence-electron chi connectivity index (χ0n) is 46.6. The van der Waals surface area contributed by atoms with Crippen LogP contribution in [0.2, 0.25) is 0 Å². The van der Waals surface area contributed by atoms with Gasteiger partial charge in [-0.2, -0.15) is 0 Å². The lowest BCUT2D eigenvalue weighted by molar-refractivity contribution is -0.262. The number of carbonyl (C=O) groups excluding carboxylic acids is 3. The molecule has 9 aliphatic rings. The van der Waals surface area contributed by atoms with Gasteiger partial charge in [-0.25, -0.2) is 0 Å². The van der Waals surface area contributed by atoms with Gasteiger partial charge in [-0.1, -0.05) is 72.1 Å². The Morgan fingerprint density at radius 1 is 0.893 bits per heavy atom. The summed E-state index contributed by atoms with van der Waals surface area (Å²) in [6.45, 7) is 18.2. The van der Waals surface area contributed by atoms with E-state index in [9.17, 15) is 24.9 Å². The summed E-state index contributed by atoms with van der Waals surface area (Å²) in [6.07, 6.45) is 17.4. The van der Waals surface area contributed by atoms with Gasteiger partial charge in [0.2, 0.25) is 0 Å². The van der Waals surface area contributed by atoms with Gasteiger partial charge in [0, 0.05) is 72.9 Å². The predicted molar refractivity (Wildman–Crippen MR) is 291 cm³/mol. The van der Waals surface area contributed by atoms with E-state index < -0.39 is 68.2 Å². The van der Waals surface area contributed by atoms with Crippen LogP contribution in [0, 0.1) is 50.2 Å². The van der Waals surface area contributed by atoms with Gasteiger partial charge in [-0.15, -0.1) is 0 Å². The van der Waals surface area contributed by atoms with Gasteiger partial charge in [0.05, 0.1) is 40.9 Å². The van der Waals surface area contributed by atoms with Gasteiger partial charge in [0.1, 0.15) is 18.2 Å². The summed E-state index contributed by atoms with van der Waals surface area (Å²) < 4.78 is 14.3. The molecule has 11 heteroatoms. The van der Waals surface area contributed by atoms with Crippen molar-refractivity contribution in [3.05, 3.63) is 69.6 Å². The van der Waals surface area contributed by atoms with Crippen LogP contribution in [-0.4, -0.2) is 99.5 Å². The van der Waals surface area contributed by atoms with E-state index in [0.717, 1.165) is 90.5 Å². The van der Waals surface area contributed by atoms with Crippen molar-refractivity contribution in [2.75, 3.05) is 26.8 Å². The number of aliphatic hydroxyl groups excluding tert-OH is 3. The molecule has 75 heavy (non-hydrogen) atoms. The number of Topliss-reactive ketones (excluding diaryl/α,β-unsaturated/α-hetero) is 2. The smallest absolute Gasteiger partial charge is 0.160 e. The van der Waals surface area contributed by atoms with Crippen molar-refractivity contribution in [3.63, 3.8) is 0 Å². The van der Waals surface area contributed by atoms with Gasteiger partial charge >= 0.3 is 0 Å². The maximum atomic E-state index is 15.7. The van der Waals surface area contributed by atoms with Crippen LogP contribution in [0.1, 0.15) is 203 Å². The minimum atomic E-state index is -0.901. The van der Waals surface area contributed by atoms with E-state index in [1.165, 1.54) is 43.2 Å². The Labute approximate surface area is 446 Å². The lowest BCUT2D eigenvalue weighted by atomic mass is 9.30. The van der Waals surface area contributed by atoms with Crippen LogP contribution in [0.5, 0.6) is 0 Å². The molecule has 12 rings (SSSR count). The molecule has 5 heterocycles. The second kappa shape index (κ2) is 18.3. The number of epoxide rings is 1. The van der Waals surface area contributed by atoms with Crippen molar-refractivity contribution in [1.82, 2.24) is 14.9 Å². The minimum Gasteiger partial charge on any atom is -0.393 e. The molecule has 0 amide bonds. The zero-order valence-corrected chi connectivity index (χ0v) is 46.6. The monoisotopic (exact) mass is 1030 g/mol. The third-order valence-corrected chi connectivity index (χ3v) is 24.0. The number of fused-ring (bicyclic) bond motifs is 5. The minimum absolute atomic E-state index is 0.0323. The number of allylic oxidation sites excluding steroid dienone is 1. The van der Waals surface area contributed by atoms with E-state index in [4.69, 9.17) is 9.47 Å². The molecule has 1 spiro atoms. The number of aryl methyl sites for hydroxylation is 1. The maximum Gasteiger partial charge on any atom is 0.160 e. The van der Waals surface area contributed by atoms with Crippen molar-refractivity contribution in [2.24, 2.45) is 50.2 Å². The van der Waals surface area contributed by atoms with Crippen molar-refractivity contribution >= 4 is 28.9 Å². The molecule has 3 aliphatic heterocycles. The van der Waals surface area contributed by atoms with E-state index in [-0.39, 0.29) is 23.7 Å². The first kappa shape index (κ1) is 52.3. The molecule has 2 aromatic heterocycles. The fourth-order valence-electron chi connectivity index (χ4n) is 19.8. The van der Waals surface area contributed by atoms with Gasteiger partial charge in [0.25, 0.3) is 0 Å². The zero-order chi connectivity index (χ0) is 52.8. The Balaban J connectivity index is 1.04. The number of ketones is 2. The number of aliphatic hydroxyl groups is 3. The third-order valence-electron chi connectivity index (χ3n) is 24.0. The highest BCUT2D eigenvalue weighted by Gasteiger charge is 2.77. The third kappa shape index (κ3) is 7.70. The summed E-state index contributed by atoms with van der Waals surface area (Å²) in [6, 6.07) is 7.11. The average Bonchev–Trinajstić information content (AvgIpc) is 3.94. The fraction of sp³-hybridized carbons (Fsp3) is 0.734. The quantitative estimate of drug-likeness (QED) is 0.0928. The van der Waals surface area contributed by atoms with E-state index in [1.54, 1.807) is 0 Å². The molecule has 2 saturated heterocycles. The summed E-state index contributed by atoms with van der Waals surface area (Å²) in [7, 11) is 1.96. The lowest BCUT2D eigenvalue weighted by Gasteiger charge is -2.74. The number of aromatic amines is 1. The van der Waals surface area contributed by atoms with Crippen molar-refractivity contribution in [3.8, 4) is 0 Å². The summed E-state index contributed by atoms with van der Waals surface area (Å²) >= 11 is 0. The van der Waals surface area contributed by atoms with E-state index in [1.807, 2.05) is 20.9 Å². The Bertz CT molecular complexity index is 2760. The number of carbonyl (C=O) groups is 3. The van der Waals surface area contributed by atoms with E-state index >= 15 is 4.79 Å². The molecule has 1 aromatic carbocycles. The topological polar surface area (TPSA) is 166 Å². The lowest BCUT2D eigenvalue weighted by Crippen LogP contribution is -2.72. The van der Waals surface area contributed by atoms with Crippen molar-refractivity contribution in [2.45, 2.75) is 218 Å². The molecule has 5 N–H and O–H groups in total. The largest absolute Gasteiger partial charge is 0.393 e. The van der Waals surface area contributed by atoms with Gasteiger partial charge < -0.3 is 44.5 Å². The molecule has 0 unspecified atom stereocenters. The van der Waals surface area contributed by atoms with Crippen LogP contribution < -0.4 is 5.32 Å². The molecule has 0 bridgehead atoms. The summed E-state index contributed by atoms with van der Waals surface area (Å²) in [5.41, 5.74) is 5.50. The van der Waals surface area contributed by atoms with Crippen molar-refractivity contribution in [1.29, 1.82) is 0 Å². The van der Waals surface area contributed by atoms with Crippen molar-refractivity contribution < 1.29 is 39.2 Å². The molecule has 0 radical (unpaired) electrons. The molecular weight excluding hydrogens is 939 g/mol. The van der Waals surface area contributed by atoms with Gasteiger partial charge in [-0.3, -0.25) is 9.59 Å². The normalized spacial score (nSPS) is 40.6. The molecule has 3 aromatic rings. The molecule has 5 saturated carbocycles. The Hall–Kier alpha value is -3.45. The molecular formula is C64H89N3O8. The number of hydrogen-bond acceptors (Lipinski definition) is 9. The Morgan fingerprint density at radius 3 is 2.25 bits per heavy atom. The number of hydrogen-bond donors (Lipinski definition) is 5. The summed E-state index contributed by atoms with van der Waals surface area (Å²) in [4.78, 5) is 48.5. The average molecular weight is 1030 g/mol. The first-order valence-corrected chi connectivity index (χ1v) is 29.7. The first-order valence-electron chi connectivity index (χ1n) is 29.7. The predicted octanol–water partition coefficient (Wildman–Crippen LogP) is 10.5. The maximum absolute atomic E-state index is 15.7. The number of ether oxygens (including phenoxy) is 2. The van der Waals surface area contributed by atoms with Crippen LogP contribution in [0.15, 0.2) is 41.7 Å². The summed E-state index contributed by atoms with van der Waals surface area (Å²) in [5.74, 6) is -0.0945. The number of benzene rings is 1. The van der Waals surface area contributed by atoms with Gasteiger partial charge in [-0.05, 0) is 184 Å². The standard InChI is InChI=1S/C64H89N3O8/c1-58(2)57(75-58)48(71)30-59(3)19-14-39-33-66-53-44(46(36-68)42-27-40(37-12-10-9-11-13-37)26-41(28-42)38-17-24-74-25-18-38)34-67(54(39)53)35-45-51-52(59)47(70)31-62(51,6)61(5)20-16-49-60(4,22-23-65-8)50(72)32-64(21-15-43(69)29-64)63(49,7)56(61)55(45)73/h26-28,33-34,36-38,43,45-46,48-49,55-57,65-66,69,71,73H,9-25,29-32,35H2,1-8H3/t43-,45-,46-,48-,49+,55-,56+,57-,59+,60+,61+,62+,63-,64-/m1/s1. The SMILES string of the molecule is CNCC[C@]1(C)C(=O)C[C@]2(CC[C@@H](O)C2)[C@@]2(C)[C@H]3[C@H](O)[C@@H]4Cn5cc([C@H](C=O)c6cc(C7CCCCC7)cc(C7CCOCC7)c6)c6[nH]cc(c65)CC[C@@](C)(C[C@@H](O)[C@H]5OC5(C)C)C5=C4[C@](C)(CC5=O)[C@@]3(C)CC[C@H]21. The van der Waals surface area contributed by atoms with Crippen LogP contribution >= 0.6 is 0 Å². The molecule has 14 atom stereocenters. The molecule has 408 valence electrons. The van der Waals surface area contributed by atoms with Crippen LogP contribution in [0.25, 0.3) is 11.0 Å².